The molecule has 1 aliphatic rings. The molecule has 5 heteroatoms. The van der Waals surface area contributed by atoms with Crippen LogP contribution in [0.25, 0.3) is 11.1 Å². The van der Waals surface area contributed by atoms with Gasteiger partial charge in [-0.05, 0) is 54.5 Å². The number of thioether (sulfide) groups is 1. The van der Waals surface area contributed by atoms with Gasteiger partial charge >= 0.3 is 0 Å². The lowest BCUT2D eigenvalue weighted by Crippen LogP contribution is -2.11. The number of aliphatic hydroxyl groups is 1. The largest absolute Gasteiger partial charge is 0.511 e. The molecule has 1 N–H and O–H groups in total. The van der Waals surface area contributed by atoms with E-state index in [4.69, 9.17) is 16.6 Å². The van der Waals surface area contributed by atoms with Crippen LogP contribution in [0.2, 0.25) is 5.02 Å². The number of aromatic nitrogens is 1. The minimum Gasteiger partial charge on any atom is -0.511 e. The predicted octanol–water partition coefficient (Wildman–Crippen LogP) is 7.06. The topological polar surface area (TPSA) is 56.9 Å². The number of benzene rings is 2. The lowest BCUT2D eigenvalue weighted by molar-refractivity contribution is 0.398. The molecular weight excluding hydrogens is 412 g/mol. The van der Waals surface area contributed by atoms with E-state index in [1.807, 2.05) is 54.6 Å². The van der Waals surface area contributed by atoms with Gasteiger partial charge in [-0.2, -0.15) is 5.26 Å². The summed E-state index contributed by atoms with van der Waals surface area (Å²) < 4.78 is 0. The Morgan fingerprint density at radius 2 is 1.80 bits per heavy atom. The van der Waals surface area contributed by atoms with Crippen LogP contribution in [0.3, 0.4) is 0 Å². The highest BCUT2D eigenvalue weighted by atomic mass is 35.5. The maximum atomic E-state index is 10.3. The molecule has 1 unspecified atom stereocenters. The van der Waals surface area contributed by atoms with Crippen molar-refractivity contribution in [2.45, 2.75) is 36.0 Å². The van der Waals surface area contributed by atoms with Gasteiger partial charge in [-0.1, -0.05) is 72.4 Å². The van der Waals surface area contributed by atoms with E-state index in [1.54, 1.807) is 0 Å². The Labute approximate surface area is 186 Å². The van der Waals surface area contributed by atoms with Crippen molar-refractivity contribution in [3.63, 3.8) is 0 Å². The summed E-state index contributed by atoms with van der Waals surface area (Å²) in [6.07, 6.45) is 3.98. The normalized spacial score (nSPS) is 13.9. The average Bonchev–Trinajstić information content (AvgIpc) is 2.77. The van der Waals surface area contributed by atoms with E-state index in [0.717, 1.165) is 53.6 Å². The molecule has 0 fully saturated rings. The van der Waals surface area contributed by atoms with Gasteiger partial charge in [0.2, 0.25) is 0 Å². The molecule has 1 atom stereocenters. The number of rotatable bonds is 5. The Morgan fingerprint density at radius 3 is 2.47 bits per heavy atom. The highest BCUT2D eigenvalue weighted by Gasteiger charge is 2.26. The SMILES string of the molecule is C=C(O)C(Sc1nc2c(c(-c3ccc(Cl)cc3)c1C#N)CCCC2)c1ccccc1. The summed E-state index contributed by atoms with van der Waals surface area (Å²) >= 11 is 7.48. The summed E-state index contributed by atoms with van der Waals surface area (Å²) in [4.78, 5) is 4.90. The van der Waals surface area contributed by atoms with E-state index in [1.165, 1.54) is 11.8 Å². The van der Waals surface area contributed by atoms with E-state index in [-0.39, 0.29) is 5.76 Å². The van der Waals surface area contributed by atoms with Crippen molar-refractivity contribution in [1.82, 2.24) is 4.98 Å². The number of nitrogens with zero attached hydrogens (tertiary/aromatic N) is 2. The second-order valence-electron chi connectivity index (χ2n) is 7.32. The summed E-state index contributed by atoms with van der Waals surface area (Å²) in [6, 6.07) is 19.7. The predicted molar refractivity (Wildman–Crippen MR) is 123 cm³/mol. The zero-order valence-corrected chi connectivity index (χ0v) is 18.0. The molecule has 0 radical (unpaired) electrons. The highest BCUT2D eigenvalue weighted by Crippen LogP contribution is 2.44. The molecule has 0 saturated heterocycles. The minimum absolute atomic E-state index is 0.0441. The van der Waals surface area contributed by atoms with E-state index < -0.39 is 5.25 Å². The van der Waals surface area contributed by atoms with Crippen LogP contribution in [-0.4, -0.2) is 10.1 Å². The molecular formula is C25H21ClN2OS. The molecule has 4 rings (SSSR count). The minimum atomic E-state index is -0.398. The molecule has 3 nitrogen and oxygen atoms in total. The number of fused-ring (bicyclic) bond motifs is 1. The zero-order chi connectivity index (χ0) is 21.1. The Kier molecular flexibility index (Phi) is 6.13. The number of hydrogen-bond acceptors (Lipinski definition) is 4. The Balaban J connectivity index is 1.88. The molecule has 3 aromatic rings. The van der Waals surface area contributed by atoms with Crippen LogP contribution in [0.1, 0.15) is 40.5 Å². The maximum Gasteiger partial charge on any atom is 0.116 e. The molecule has 2 aromatic carbocycles. The Hall–Kier alpha value is -2.74. The smallest absolute Gasteiger partial charge is 0.116 e. The second-order valence-corrected chi connectivity index (χ2v) is 8.85. The first-order chi connectivity index (χ1) is 14.6. The standard InChI is InChI=1S/C25H21ClN2OS/c1-16(29)24(18-7-3-2-4-8-18)30-25-21(15-27)23(17-11-13-19(26)14-12-17)20-9-5-6-10-22(20)28-25/h2-4,7-8,11-14,24,29H,1,5-6,9-10H2. The first-order valence-corrected chi connectivity index (χ1v) is 11.2. The van der Waals surface area contributed by atoms with Gasteiger partial charge in [0, 0.05) is 16.3 Å². The van der Waals surface area contributed by atoms with E-state index >= 15 is 0 Å². The number of halogens is 1. The van der Waals surface area contributed by atoms with Crippen molar-refractivity contribution in [2.24, 2.45) is 0 Å². The fraction of sp³-hybridized carbons (Fsp3) is 0.200. The summed E-state index contributed by atoms with van der Waals surface area (Å²) in [6.45, 7) is 3.77. The lowest BCUT2D eigenvalue weighted by atomic mass is 9.87. The van der Waals surface area contributed by atoms with E-state index in [2.05, 4.69) is 12.6 Å². The van der Waals surface area contributed by atoms with Gasteiger partial charge in [0.05, 0.1) is 10.8 Å². The van der Waals surface area contributed by atoms with Crippen molar-refractivity contribution >= 4 is 23.4 Å². The zero-order valence-electron chi connectivity index (χ0n) is 16.4. The van der Waals surface area contributed by atoms with Crippen LogP contribution >= 0.6 is 23.4 Å². The molecule has 0 amide bonds. The van der Waals surface area contributed by atoms with Crippen LogP contribution in [0.5, 0.6) is 0 Å². The third-order valence-corrected chi connectivity index (χ3v) is 6.87. The fourth-order valence-corrected chi connectivity index (χ4v) is 5.12. The van der Waals surface area contributed by atoms with E-state index in [0.29, 0.717) is 15.6 Å². The van der Waals surface area contributed by atoms with Crippen molar-refractivity contribution in [1.29, 1.82) is 5.26 Å². The molecule has 1 heterocycles. The van der Waals surface area contributed by atoms with Gasteiger partial charge < -0.3 is 5.11 Å². The molecule has 0 bridgehead atoms. The maximum absolute atomic E-state index is 10.3. The van der Waals surface area contributed by atoms with Crippen molar-refractivity contribution in [3.8, 4) is 17.2 Å². The number of aryl methyl sites for hydroxylation is 1. The molecule has 0 spiro atoms. The number of pyridine rings is 1. The summed E-state index contributed by atoms with van der Waals surface area (Å²) in [5, 5.41) is 21.3. The summed E-state index contributed by atoms with van der Waals surface area (Å²) in [7, 11) is 0. The quantitative estimate of drug-likeness (QED) is 0.346. The molecule has 0 saturated carbocycles. The fourth-order valence-electron chi connectivity index (χ4n) is 3.91. The molecule has 0 aliphatic heterocycles. The number of aliphatic hydroxyl groups excluding tert-OH is 1. The van der Waals surface area contributed by atoms with E-state index in [9.17, 15) is 10.4 Å². The average molecular weight is 433 g/mol. The third-order valence-electron chi connectivity index (χ3n) is 5.32. The number of hydrogen-bond donors (Lipinski definition) is 1. The van der Waals surface area contributed by atoms with Crippen molar-refractivity contribution in [2.75, 3.05) is 0 Å². The molecule has 1 aromatic heterocycles. The number of nitriles is 1. The van der Waals surface area contributed by atoms with Gasteiger partial charge in [-0.3, -0.25) is 0 Å². The second kappa shape index (κ2) is 8.95. The monoisotopic (exact) mass is 432 g/mol. The molecule has 150 valence electrons. The van der Waals surface area contributed by atoms with Gasteiger partial charge in [-0.15, -0.1) is 0 Å². The van der Waals surface area contributed by atoms with Crippen LogP contribution < -0.4 is 0 Å². The van der Waals surface area contributed by atoms with Crippen LogP contribution in [0.4, 0.5) is 0 Å². The van der Waals surface area contributed by atoms with Gasteiger partial charge in [0.25, 0.3) is 0 Å². The Bertz CT molecular complexity index is 1120. The lowest BCUT2D eigenvalue weighted by Gasteiger charge is -2.23. The van der Waals surface area contributed by atoms with Crippen LogP contribution in [0.15, 0.2) is 72.0 Å². The first kappa shape index (κ1) is 20.5. The highest BCUT2D eigenvalue weighted by molar-refractivity contribution is 7.99. The summed E-state index contributed by atoms with van der Waals surface area (Å²) in [5.74, 6) is 0.0441. The van der Waals surface area contributed by atoms with Crippen molar-refractivity contribution < 1.29 is 5.11 Å². The molecule has 1 aliphatic carbocycles. The summed E-state index contributed by atoms with van der Waals surface area (Å²) in [5.41, 5.74) is 5.58. The van der Waals surface area contributed by atoms with Gasteiger partial charge in [0.1, 0.15) is 16.9 Å². The Morgan fingerprint density at radius 1 is 1.10 bits per heavy atom. The third kappa shape index (κ3) is 4.09. The first-order valence-electron chi connectivity index (χ1n) is 9.89. The molecule has 30 heavy (non-hydrogen) atoms. The van der Waals surface area contributed by atoms with Gasteiger partial charge in [-0.25, -0.2) is 4.98 Å². The van der Waals surface area contributed by atoms with Crippen LogP contribution in [-0.2, 0) is 12.8 Å². The van der Waals surface area contributed by atoms with Gasteiger partial charge in [0.15, 0.2) is 0 Å². The van der Waals surface area contributed by atoms with Crippen LogP contribution in [0, 0.1) is 11.3 Å². The van der Waals surface area contributed by atoms with Crippen molar-refractivity contribution in [3.05, 3.63) is 94.3 Å².